The first-order valence-corrected chi connectivity index (χ1v) is 9.75. The van der Waals surface area contributed by atoms with Crippen LogP contribution in [0.1, 0.15) is 5.56 Å². The molecule has 11 heteroatoms. The summed E-state index contributed by atoms with van der Waals surface area (Å²) in [4.78, 5) is 37.2. The van der Waals surface area contributed by atoms with Crippen molar-refractivity contribution in [2.45, 2.75) is 4.90 Å². The van der Waals surface area contributed by atoms with Gasteiger partial charge in [-0.05, 0) is 36.4 Å². The minimum Gasteiger partial charge on any atom is -0.507 e. The van der Waals surface area contributed by atoms with Gasteiger partial charge in [0.1, 0.15) is 18.0 Å². The molecule has 1 fully saturated rings. The molecule has 5 N–H and O–H groups in total. The third kappa shape index (κ3) is 4.59. The minimum absolute atomic E-state index is 0.0683. The highest BCUT2D eigenvalue weighted by Crippen LogP contribution is 2.21. The van der Waals surface area contributed by atoms with E-state index >= 15 is 0 Å². The molecule has 3 rings (SSSR count). The summed E-state index contributed by atoms with van der Waals surface area (Å²) in [6.45, 7) is -0.556. The molecule has 0 radical (unpaired) electrons. The molecule has 0 atom stereocenters. The summed E-state index contributed by atoms with van der Waals surface area (Å²) in [5, 5.41) is 19.6. The number of carbonyl (C=O) groups is 3. The number of nitrogens with zero attached hydrogens (tertiary/aromatic N) is 1. The summed E-state index contributed by atoms with van der Waals surface area (Å²) in [5.74, 6) is -1.46. The Labute approximate surface area is 165 Å². The summed E-state index contributed by atoms with van der Waals surface area (Å²) < 4.78 is 22.5. The first kappa shape index (κ1) is 20.0. The van der Waals surface area contributed by atoms with Crippen LogP contribution in [0.25, 0.3) is 6.08 Å². The van der Waals surface area contributed by atoms with E-state index in [9.17, 15) is 27.9 Å². The number of hydrogen-bond donors (Lipinski definition) is 4. The molecule has 0 unspecified atom stereocenters. The Kier molecular flexibility index (Phi) is 5.35. The molecule has 4 amide bonds. The number of anilines is 1. The highest BCUT2D eigenvalue weighted by atomic mass is 32.2. The van der Waals surface area contributed by atoms with Crippen LogP contribution in [-0.2, 0) is 19.6 Å². The highest BCUT2D eigenvalue weighted by Gasteiger charge is 2.35. The van der Waals surface area contributed by atoms with Gasteiger partial charge in [-0.25, -0.2) is 23.3 Å². The largest absolute Gasteiger partial charge is 0.507 e. The lowest BCUT2D eigenvalue weighted by molar-refractivity contribution is -0.127. The summed E-state index contributed by atoms with van der Waals surface area (Å²) in [5.41, 5.74) is 0.513. The van der Waals surface area contributed by atoms with Crippen molar-refractivity contribution in [3.05, 3.63) is 59.8 Å². The molecule has 1 aliphatic rings. The number of carbonyl (C=O) groups excluding carboxylic acids is 3. The number of imide groups is 1. The monoisotopic (exact) mass is 416 g/mol. The van der Waals surface area contributed by atoms with Crippen molar-refractivity contribution in [3.8, 4) is 5.75 Å². The van der Waals surface area contributed by atoms with Crippen molar-refractivity contribution in [1.29, 1.82) is 0 Å². The van der Waals surface area contributed by atoms with E-state index in [0.717, 1.165) is 0 Å². The first-order chi connectivity index (χ1) is 13.6. The van der Waals surface area contributed by atoms with Crippen LogP contribution in [0.15, 0.2) is 59.1 Å². The molecule has 150 valence electrons. The lowest BCUT2D eigenvalue weighted by Crippen LogP contribution is -2.38. The van der Waals surface area contributed by atoms with Gasteiger partial charge in [0.25, 0.3) is 5.91 Å². The molecule has 0 saturated carbocycles. The van der Waals surface area contributed by atoms with Gasteiger partial charge in [-0.3, -0.25) is 9.59 Å². The zero-order chi connectivity index (χ0) is 21.2. The molecular formula is C18H16N4O6S. The van der Waals surface area contributed by atoms with Crippen LogP contribution in [0.5, 0.6) is 5.75 Å². The van der Waals surface area contributed by atoms with Crippen LogP contribution in [0, 0.1) is 0 Å². The number of phenols is 1. The normalized spacial score (nSPS) is 15.5. The number of nitrogens with one attached hydrogen (secondary N) is 2. The summed E-state index contributed by atoms with van der Waals surface area (Å²) in [7, 11) is -3.86. The fourth-order valence-corrected chi connectivity index (χ4v) is 3.07. The Bertz CT molecular complexity index is 1130. The molecular weight excluding hydrogens is 400 g/mol. The van der Waals surface area contributed by atoms with E-state index in [0.29, 0.717) is 10.5 Å². The van der Waals surface area contributed by atoms with Crippen LogP contribution in [0.3, 0.4) is 0 Å². The molecule has 0 aliphatic carbocycles. The van der Waals surface area contributed by atoms with Gasteiger partial charge in [-0.15, -0.1) is 0 Å². The van der Waals surface area contributed by atoms with Crippen molar-refractivity contribution in [1.82, 2.24) is 10.2 Å². The van der Waals surface area contributed by atoms with E-state index in [4.69, 9.17) is 5.14 Å². The van der Waals surface area contributed by atoms with Crippen LogP contribution in [-0.4, -0.2) is 42.8 Å². The molecule has 0 spiro atoms. The zero-order valence-electron chi connectivity index (χ0n) is 14.8. The van der Waals surface area contributed by atoms with Gasteiger partial charge in [0.2, 0.25) is 15.9 Å². The molecule has 2 aromatic rings. The number of amides is 4. The van der Waals surface area contributed by atoms with Gasteiger partial charge in [0.15, 0.2) is 0 Å². The second-order valence-corrected chi connectivity index (χ2v) is 7.62. The molecule has 2 aromatic carbocycles. The number of benzene rings is 2. The number of aromatic hydroxyl groups is 1. The third-order valence-corrected chi connectivity index (χ3v) is 4.90. The average Bonchev–Trinajstić information content (AvgIpc) is 2.91. The van der Waals surface area contributed by atoms with Crippen LogP contribution in [0.2, 0.25) is 0 Å². The number of para-hydroxylation sites is 1. The van der Waals surface area contributed by atoms with Crippen LogP contribution < -0.4 is 15.8 Å². The molecule has 10 nitrogen and oxygen atoms in total. The van der Waals surface area contributed by atoms with E-state index in [2.05, 4.69) is 10.6 Å². The fraction of sp³-hybridized carbons (Fsp3) is 0.0556. The Morgan fingerprint density at radius 2 is 1.79 bits per heavy atom. The quantitative estimate of drug-likeness (QED) is 0.412. The second kappa shape index (κ2) is 7.73. The van der Waals surface area contributed by atoms with Gasteiger partial charge >= 0.3 is 6.03 Å². The molecule has 1 saturated heterocycles. The maximum absolute atomic E-state index is 12.4. The topological polar surface area (TPSA) is 159 Å². The standard InChI is InChI=1S/C18H16N4O6S/c19-29(27,28)13-7-5-12(6-8-13)20-16(24)10-22-17(25)14(21-18(22)26)9-11-3-1-2-4-15(11)23/h1-9,23H,10H2,(H,20,24)(H,21,26)(H2,19,27,28)/b14-9-. The summed E-state index contributed by atoms with van der Waals surface area (Å²) >= 11 is 0. The summed E-state index contributed by atoms with van der Waals surface area (Å²) in [6.07, 6.45) is 1.31. The maximum atomic E-state index is 12.4. The smallest absolute Gasteiger partial charge is 0.329 e. The summed E-state index contributed by atoms with van der Waals surface area (Å²) in [6, 6.07) is 10.6. The second-order valence-electron chi connectivity index (χ2n) is 6.06. The van der Waals surface area contributed by atoms with E-state index in [1.807, 2.05) is 0 Å². The number of rotatable bonds is 5. The Morgan fingerprint density at radius 1 is 1.14 bits per heavy atom. The van der Waals surface area contributed by atoms with Crippen molar-refractivity contribution in [2.75, 3.05) is 11.9 Å². The maximum Gasteiger partial charge on any atom is 0.329 e. The number of urea groups is 1. The SMILES string of the molecule is NS(=O)(=O)c1ccc(NC(=O)CN2C(=O)N/C(=C\c3ccccc3O)C2=O)cc1. The van der Waals surface area contributed by atoms with Gasteiger partial charge in [-0.1, -0.05) is 18.2 Å². The lowest BCUT2D eigenvalue weighted by Gasteiger charge is -2.12. The Hall–Kier alpha value is -3.70. The zero-order valence-corrected chi connectivity index (χ0v) is 15.6. The Morgan fingerprint density at radius 3 is 2.41 bits per heavy atom. The minimum atomic E-state index is -3.86. The molecule has 0 aromatic heterocycles. The van der Waals surface area contributed by atoms with Gasteiger partial charge < -0.3 is 15.7 Å². The molecule has 29 heavy (non-hydrogen) atoms. The van der Waals surface area contributed by atoms with Crippen molar-refractivity contribution in [2.24, 2.45) is 5.14 Å². The predicted molar refractivity (Wildman–Crippen MR) is 103 cm³/mol. The van der Waals surface area contributed by atoms with Gasteiger partial charge in [0, 0.05) is 11.3 Å². The number of hydrogen-bond acceptors (Lipinski definition) is 6. The molecule has 1 aliphatic heterocycles. The molecule has 1 heterocycles. The number of nitrogens with two attached hydrogens (primary N) is 1. The van der Waals surface area contributed by atoms with Crippen LogP contribution in [0.4, 0.5) is 10.5 Å². The number of phenolic OH excluding ortho intramolecular Hbond substituents is 1. The number of primary sulfonamides is 1. The van der Waals surface area contributed by atoms with Crippen molar-refractivity contribution < 1.29 is 27.9 Å². The van der Waals surface area contributed by atoms with E-state index in [1.54, 1.807) is 18.2 Å². The fourth-order valence-electron chi connectivity index (χ4n) is 2.55. The molecule has 0 bridgehead atoms. The Balaban J connectivity index is 1.68. The third-order valence-electron chi connectivity index (χ3n) is 3.97. The number of sulfonamides is 1. The first-order valence-electron chi connectivity index (χ1n) is 8.20. The van der Waals surface area contributed by atoms with E-state index in [-0.39, 0.29) is 22.0 Å². The van der Waals surface area contributed by atoms with Crippen LogP contribution >= 0.6 is 0 Å². The highest BCUT2D eigenvalue weighted by molar-refractivity contribution is 7.89. The van der Waals surface area contributed by atoms with E-state index < -0.39 is 34.4 Å². The van der Waals surface area contributed by atoms with Gasteiger partial charge in [0.05, 0.1) is 4.90 Å². The van der Waals surface area contributed by atoms with E-state index in [1.165, 1.54) is 36.4 Å². The average molecular weight is 416 g/mol. The van der Waals surface area contributed by atoms with Crippen molar-refractivity contribution in [3.63, 3.8) is 0 Å². The van der Waals surface area contributed by atoms with Gasteiger partial charge in [-0.2, -0.15) is 0 Å². The predicted octanol–water partition coefficient (Wildman–Crippen LogP) is 0.571. The lowest BCUT2D eigenvalue weighted by atomic mass is 10.1. The van der Waals surface area contributed by atoms with Crippen molar-refractivity contribution >= 4 is 39.6 Å².